The summed E-state index contributed by atoms with van der Waals surface area (Å²) < 4.78 is 22.3. The molecule has 2 aliphatic heterocycles. The van der Waals surface area contributed by atoms with Crippen molar-refractivity contribution >= 4 is 5.91 Å². The second kappa shape index (κ2) is 9.78. The van der Waals surface area contributed by atoms with Crippen LogP contribution in [0.5, 0.6) is 0 Å². The maximum absolute atomic E-state index is 16.7. The van der Waals surface area contributed by atoms with E-state index in [4.69, 9.17) is 4.52 Å². The third kappa shape index (κ3) is 4.65. The molecule has 3 aromatic rings. The van der Waals surface area contributed by atoms with E-state index in [0.29, 0.717) is 53.5 Å². The summed E-state index contributed by atoms with van der Waals surface area (Å²) in [7, 11) is 0. The number of amides is 1. The largest absolute Gasteiger partial charge is 0.377 e. The molecule has 39 heavy (non-hydrogen) atoms. The number of carbonyl (C=O) groups is 1. The van der Waals surface area contributed by atoms with Gasteiger partial charge in [0.1, 0.15) is 0 Å². The molecule has 1 saturated carbocycles. The molecule has 9 heteroatoms. The fraction of sp³-hybridized carbons (Fsp3) is 0.533. The van der Waals surface area contributed by atoms with E-state index in [-0.39, 0.29) is 24.9 Å². The number of alkyl halides is 1. The number of aliphatic hydroxyl groups is 1. The maximum atomic E-state index is 16.7. The first-order chi connectivity index (χ1) is 18.7. The van der Waals surface area contributed by atoms with Crippen LogP contribution in [0.1, 0.15) is 80.9 Å². The fourth-order valence-electron chi connectivity index (χ4n) is 6.04. The highest BCUT2D eigenvalue weighted by Gasteiger charge is 2.62. The number of carbonyl (C=O) groups excluding carboxylic acids is 1. The first-order valence-corrected chi connectivity index (χ1v) is 14.0. The van der Waals surface area contributed by atoms with E-state index in [2.05, 4.69) is 33.9 Å². The molecule has 0 radical (unpaired) electrons. The summed E-state index contributed by atoms with van der Waals surface area (Å²) in [6.45, 7) is 7.47. The number of halogens is 1. The second-order valence-corrected chi connectivity index (χ2v) is 11.8. The Bertz CT molecular complexity index is 1340. The van der Waals surface area contributed by atoms with Gasteiger partial charge in [-0.3, -0.25) is 14.7 Å². The van der Waals surface area contributed by atoms with Crippen molar-refractivity contribution in [3.8, 4) is 11.4 Å². The van der Waals surface area contributed by atoms with Crippen LogP contribution in [0.25, 0.3) is 11.4 Å². The molecular formula is C30H36FN5O3. The Morgan fingerprint density at radius 3 is 2.41 bits per heavy atom. The van der Waals surface area contributed by atoms with Crippen LogP contribution < -0.4 is 0 Å². The molecule has 2 saturated heterocycles. The van der Waals surface area contributed by atoms with Crippen LogP contribution in [0.15, 0.2) is 47.2 Å². The molecule has 1 atom stereocenters. The zero-order valence-corrected chi connectivity index (χ0v) is 22.8. The van der Waals surface area contributed by atoms with Crippen molar-refractivity contribution in [1.29, 1.82) is 0 Å². The molecular weight excluding hydrogens is 497 g/mol. The normalized spacial score (nSPS) is 21.5. The lowest BCUT2D eigenvalue weighted by Crippen LogP contribution is -2.69. The lowest BCUT2D eigenvalue weighted by atomic mass is 9.70. The highest BCUT2D eigenvalue weighted by Crippen LogP contribution is 2.50. The van der Waals surface area contributed by atoms with Crippen molar-refractivity contribution in [1.82, 2.24) is 24.9 Å². The highest BCUT2D eigenvalue weighted by atomic mass is 19.1. The SMILES string of the molecule is CC(=O)N1CCC(c2nc(-c3cncc([C@@](O)(c4ccc(C(C)C)cc4)C4(F)CN(C5CC5)C4)c3)no2)CC1. The van der Waals surface area contributed by atoms with Crippen LogP contribution in [0.4, 0.5) is 4.39 Å². The smallest absolute Gasteiger partial charge is 0.230 e. The molecule has 0 bridgehead atoms. The van der Waals surface area contributed by atoms with E-state index >= 15 is 4.39 Å². The second-order valence-electron chi connectivity index (χ2n) is 11.8. The number of likely N-dealkylation sites (tertiary alicyclic amines) is 2. The molecule has 3 aliphatic rings. The van der Waals surface area contributed by atoms with Gasteiger partial charge in [0.05, 0.1) is 0 Å². The third-order valence-corrected chi connectivity index (χ3v) is 8.76. The zero-order chi connectivity index (χ0) is 27.4. The van der Waals surface area contributed by atoms with E-state index in [1.807, 2.05) is 29.2 Å². The Morgan fingerprint density at radius 1 is 1.10 bits per heavy atom. The van der Waals surface area contributed by atoms with Crippen LogP contribution in [0.3, 0.4) is 0 Å². The Labute approximate surface area is 228 Å². The Balaban J connectivity index is 1.31. The summed E-state index contributed by atoms with van der Waals surface area (Å²) in [4.78, 5) is 24.6. The van der Waals surface area contributed by atoms with Crippen LogP contribution in [0.2, 0.25) is 0 Å². The van der Waals surface area contributed by atoms with Crippen molar-refractivity contribution in [2.24, 2.45) is 0 Å². The summed E-state index contributed by atoms with van der Waals surface area (Å²) in [6, 6.07) is 9.76. The van der Waals surface area contributed by atoms with Gasteiger partial charge in [-0.25, -0.2) is 4.39 Å². The van der Waals surface area contributed by atoms with Crippen molar-refractivity contribution < 1.29 is 18.8 Å². The molecule has 6 rings (SSSR count). The number of hydrogen-bond donors (Lipinski definition) is 1. The van der Waals surface area contributed by atoms with Gasteiger partial charge in [0, 0.05) is 68.6 Å². The van der Waals surface area contributed by atoms with Crippen molar-refractivity contribution in [3.63, 3.8) is 0 Å². The molecule has 1 amide bonds. The summed E-state index contributed by atoms with van der Waals surface area (Å²) in [5, 5.41) is 16.5. The van der Waals surface area contributed by atoms with E-state index in [0.717, 1.165) is 31.2 Å². The summed E-state index contributed by atoms with van der Waals surface area (Å²) in [5.41, 5.74) is -1.18. The van der Waals surface area contributed by atoms with Crippen LogP contribution in [-0.2, 0) is 10.4 Å². The minimum Gasteiger partial charge on any atom is -0.377 e. The average molecular weight is 534 g/mol. The molecule has 1 N–H and O–H groups in total. The fourth-order valence-corrected chi connectivity index (χ4v) is 6.04. The molecule has 2 aromatic heterocycles. The first-order valence-electron chi connectivity index (χ1n) is 14.0. The van der Waals surface area contributed by atoms with Crippen molar-refractivity contribution in [2.75, 3.05) is 26.2 Å². The number of benzene rings is 1. The molecule has 8 nitrogen and oxygen atoms in total. The van der Waals surface area contributed by atoms with E-state index in [9.17, 15) is 9.90 Å². The summed E-state index contributed by atoms with van der Waals surface area (Å²) in [6.07, 6.45) is 6.84. The van der Waals surface area contributed by atoms with Gasteiger partial charge in [-0.1, -0.05) is 43.3 Å². The van der Waals surface area contributed by atoms with Gasteiger partial charge in [-0.15, -0.1) is 0 Å². The number of aromatic nitrogens is 3. The predicted molar refractivity (Wildman–Crippen MR) is 144 cm³/mol. The van der Waals surface area contributed by atoms with Gasteiger partial charge in [0.2, 0.25) is 17.6 Å². The molecule has 0 unspecified atom stereocenters. The summed E-state index contributed by atoms with van der Waals surface area (Å²) >= 11 is 0. The van der Waals surface area contributed by atoms with Gasteiger partial charge in [0.15, 0.2) is 11.3 Å². The molecule has 206 valence electrons. The minimum atomic E-state index is -1.89. The number of nitrogens with zero attached hydrogens (tertiary/aromatic N) is 5. The Morgan fingerprint density at radius 2 is 1.79 bits per heavy atom. The maximum Gasteiger partial charge on any atom is 0.230 e. The lowest BCUT2D eigenvalue weighted by Gasteiger charge is -2.53. The number of pyridine rings is 1. The predicted octanol–water partition coefficient (Wildman–Crippen LogP) is 4.40. The highest BCUT2D eigenvalue weighted by molar-refractivity contribution is 5.73. The molecule has 3 fully saturated rings. The van der Waals surface area contributed by atoms with E-state index < -0.39 is 11.3 Å². The third-order valence-electron chi connectivity index (χ3n) is 8.76. The van der Waals surface area contributed by atoms with Crippen LogP contribution in [-0.4, -0.2) is 73.8 Å². The van der Waals surface area contributed by atoms with Gasteiger partial charge in [0.25, 0.3) is 0 Å². The van der Waals surface area contributed by atoms with Gasteiger partial charge in [-0.05, 0) is 48.8 Å². The number of hydrogen-bond acceptors (Lipinski definition) is 7. The minimum absolute atomic E-state index is 0.0752. The number of piperidine rings is 1. The van der Waals surface area contributed by atoms with Crippen LogP contribution in [0, 0.1) is 0 Å². The first kappa shape index (κ1) is 26.1. The lowest BCUT2D eigenvalue weighted by molar-refractivity contribution is -0.163. The molecule has 4 heterocycles. The van der Waals surface area contributed by atoms with Crippen molar-refractivity contribution in [2.45, 2.75) is 75.6 Å². The standard InChI is InChI=1S/C30H36FN5O3/c1-19(2)21-4-6-24(7-5-21)30(38,29(31)17-36(18-29)26-8-9-26)25-14-23(15-32-16-25)27-33-28(39-34-27)22-10-12-35(13-11-22)20(3)37/h4-7,14-16,19,22,26,38H,8-13,17-18H2,1-3H3/t30-/m0/s1. The topological polar surface area (TPSA) is 95.6 Å². The quantitative estimate of drug-likeness (QED) is 0.481. The van der Waals surface area contributed by atoms with Gasteiger partial charge >= 0.3 is 0 Å². The molecule has 1 aliphatic carbocycles. The Hall–Kier alpha value is -3.17. The number of rotatable bonds is 7. The summed E-state index contributed by atoms with van der Waals surface area (Å²) in [5.74, 6) is 1.36. The van der Waals surface area contributed by atoms with E-state index in [1.165, 1.54) is 0 Å². The van der Waals surface area contributed by atoms with Gasteiger partial charge < -0.3 is 14.5 Å². The molecule has 1 aromatic carbocycles. The monoisotopic (exact) mass is 533 g/mol. The Kier molecular flexibility index (Phi) is 6.54. The van der Waals surface area contributed by atoms with E-state index in [1.54, 1.807) is 25.4 Å². The van der Waals surface area contributed by atoms with Crippen LogP contribution >= 0.6 is 0 Å². The van der Waals surface area contributed by atoms with Gasteiger partial charge in [-0.2, -0.15) is 4.98 Å². The van der Waals surface area contributed by atoms with Crippen molar-refractivity contribution in [3.05, 3.63) is 65.3 Å². The zero-order valence-electron chi connectivity index (χ0n) is 22.8. The molecule has 0 spiro atoms. The average Bonchev–Trinajstić information content (AvgIpc) is 3.65.